The summed E-state index contributed by atoms with van der Waals surface area (Å²) in [5.41, 5.74) is -1.26. The molecule has 0 radical (unpaired) electrons. The average Bonchev–Trinajstić information content (AvgIpc) is 3.17. The van der Waals surface area contributed by atoms with E-state index in [1.807, 2.05) is 9.80 Å². The SMILES string of the molecule is COC(C)(C)C(=O)N1CC[C@@H](O)[C@]2(CCCN(C(=O)C3CCCC3)C2)C1. The van der Waals surface area contributed by atoms with Gasteiger partial charge >= 0.3 is 0 Å². The molecule has 2 amide bonds. The summed E-state index contributed by atoms with van der Waals surface area (Å²) < 4.78 is 5.36. The molecular formula is C20H34N2O4. The lowest BCUT2D eigenvalue weighted by atomic mass is 9.71. The molecule has 3 rings (SSSR count). The Morgan fingerprint density at radius 1 is 1.04 bits per heavy atom. The highest BCUT2D eigenvalue weighted by molar-refractivity contribution is 5.84. The molecule has 0 aromatic carbocycles. The second kappa shape index (κ2) is 7.47. The Morgan fingerprint density at radius 2 is 1.69 bits per heavy atom. The molecule has 6 nitrogen and oxygen atoms in total. The first-order chi connectivity index (χ1) is 12.3. The molecule has 1 saturated carbocycles. The molecule has 1 spiro atoms. The van der Waals surface area contributed by atoms with Crippen LogP contribution in [0.1, 0.15) is 58.8 Å². The van der Waals surface area contributed by atoms with Gasteiger partial charge in [-0.1, -0.05) is 12.8 Å². The molecule has 3 aliphatic rings. The summed E-state index contributed by atoms with van der Waals surface area (Å²) in [5.74, 6) is 0.385. The van der Waals surface area contributed by atoms with Gasteiger partial charge in [0.1, 0.15) is 5.60 Å². The monoisotopic (exact) mass is 366 g/mol. The zero-order valence-corrected chi connectivity index (χ0v) is 16.5. The van der Waals surface area contributed by atoms with Crippen LogP contribution in [0, 0.1) is 11.3 Å². The minimum Gasteiger partial charge on any atom is -0.392 e. The summed E-state index contributed by atoms with van der Waals surface area (Å²) in [4.78, 5) is 29.5. The first kappa shape index (κ1) is 19.6. The maximum Gasteiger partial charge on any atom is 0.254 e. The molecule has 0 bridgehead atoms. The Balaban J connectivity index is 1.73. The highest BCUT2D eigenvalue weighted by Crippen LogP contribution is 2.40. The highest BCUT2D eigenvalue weighted by Gasteiger charge is 2.49. The van der Waals surface area contributed by atoms with Crippen molar-refractivity contribution in [2.75, 3.05) is 33.3 Å². The van der Waals surface area contributed by atoms with Gasteiger partial charge < -0.3 is 19.6 Å². The summed E-state index contributed by atoms with van der Waals surface area (Å²) in [6.07, 6.45) is 6.15. The minimum atomic E-state index is -0.864. The van der Waals surface area contributed by atoms with E-state index in [0.717, 1.165) is 45.1 Å². The number of rotatable bonds is 3. The number of nitrogens with zero attached hydrogens (tertiary/aromatic N) is 2. The molecule has 2 atom stereocenters. The zero-order valence-electron chi connectivity index (χ0n) is 16.5. The second-order valence-electron chi connectivity index (χ2n) is 8.95. The van der Waals surface area contributed by atoms with Gasteiger partial charge in [0.05, 0.1) is 6.10 Å². The van der Waals surface area contributed by atoms with E-state index < -0.39 is 17.1 Å². The van der Waals surface area contributed by atoms with Crippen LogP contribution >= 0.6 is 0 Å². The van der Waals surface area contributed by atoms with Crippen LogP contribution in [0.5, 0.6) is 0 Å². The fraction of sp³-hybridized carbons (Fsp3) is 0.900. The van der Waals surface area contributed by atoms with Crippen LogP contribution in [0.15, 0.2) is 0 Å². The Hall–Kier alpha value is -1.14. The van der Waals surface area contributed by atoms with Gasteiger partial charge in [-0.05, 0) is 46.0 Å². The first-order valence-electron chi connectivity index (χ1n) is 10.1. The molecule has 1 aliphatic carbocycles. The third-order valence-electron chi connectivity index (χ3n) is 6.82. The van der Waals surface area contributed by atoms with Crippen LogP contribution < -0.4 is 0 Å². The summed E-state index contributed by atoms with van der Waals surface area (Å²) >= 11 is 0. The van der Waals surface area contributed by atoms with Gasteiger partial charge in [-0.3, -0.25) is 9.59 Å². The maximum absolute atomic E-state index is 12.9. The Bertz CT molecular complexity index is 544. The fourth-order valence-corrected chi connectivity index (χ4v) is 4.97. The van der Waals surface area contributed by atoms with Crippen molar-refractivity contribution in [1.29, 1.82) is 0 Å². The van der Waals surface area contributed by atoms with E-state index in [1.165, 1.54) is 0 Å². The van der Waals surface area contributed by atoms with Gasteiger partial charge in [-0.15, -0.1) is 0 Å². The van der Waals surface area contributed by atoms with Gasteiger partial charge in [0, 0.05) is 44.6 Å². The van der Waals surface area contributed by atoms with Crippen molar-refractivity contribution < 1.29 is 19.4 Å². The lowest BCUT2D eigenvalue weighted by Crippen LogP contribution is -2.62. The topological polar surface area (TPSA) is 70.1 Å². The summed E-state index contributed by atoms with van der Waals surface area (Å²) in [5, 5.41) is 10.8. The molecule has 26 heavy (non-hydrogen) atoms. The Morgan fingerprint density at radius 3 is 2.35 bits per heavy atom. The van der Waals surface area contributed by atoms with Crippen LogP contribution in [0.25, 0.3) is 0 Å². The van der Waals surface area contributed by atoms with Gasteiger partial charge in [0.15, 0.2) is 0 Å². The summed E-state index contributed by atoms with van der Waals surface area (Å²) in [6.45, 7) is 5.97. The summed E-state index contributed by atoms with van der Waals surface area (Å²) in [6, 6.07) is 0. The normalized spacial score (nSPS) is 30.8. The van der Waals surface area contributed by atoms with Gasteiger partial charge in [-0.25, -0.2) is 0 Å². The van der Waals surface area contributed by atoms with E-state index >= 15 is 0 Å². The predicted octanol–water partition coefficient (Wildman–Crippen LogP) is 1.80. The number of aliphatic hydroxyl groups excluding tert-OH is 1. The molecule has 148 valence electrons. The van der Waals surface area contributed by atoms with Crippen molar-refractivity contribution in [3.8, 4) is 0 Å². The van der Waals surface area contributed by atoms with E-state index in [9.17, 15) is 14.7 Å². The quantitative estimate of drug-likeness (QED) is 0.827. The largest absolute Gasteiger partial charge is 0.392 e. The second-order valence-corrected chi connectivity index (χ2v) is 8.95. The van der Waals surface area contributed by atoms with Gasteiger partial charge in [0.2, 0.25) is 5.91 Å². The molecule has 6 heteroatoms. The van der Waals surface area contributed by atoms with E-state index in [1.54, 1.807) is 21.0 Å². The van der Waals surface area contributed by atoms with E-state index in [2.05, 4.69) is 0 Å². The van der Waals surface area contributed by atoms with Crippen molar-refractivity contribution >= 4 is 11.8 Å². The standard InChI is InChI=1S/C20H34N2O4/c1-19(2,26-3)18(25)22-12-9-16(23)20(14-22)10-6-11-21(13-20)17(24)15-7-4-5-8-15/h15-16,23H,4-14H2,1-3H3/t16-,20+/m1/s1. The van der Waals surface area contributed by atoms with Crippen LogP contribution in [0.2, 0.25) is 0 Å². The van der Waals surface area contributed by atoms with Gasteiger partial charge in [-0.2, -0.15) is 0 Å². The lowest BCUT2D eigenvalue weighted by molar-refractivity contribution is -0.163. The third kappa shape index (κ3) is 3.63. The van der Waals surface area contributed by atoms with E-state index in [0.29, 0.717) is 26.1 Å². The molecular weight excluding hydrogens is 332 g/mol. The average molecular weight is 367 g/mol. The number of amides is 2. The molecule has 3 fully saturated rings. The van der Waals surface area contributed by atoms with Crippen LogP contribution in [-0.2, 0) is 14.3 Å². The highest BCUT2D eigenvalue weighted by atomic mass is 16.5. The van der Waals surface area contributed by atoms with Gasteiger partial charge in [0.25, 0.3) is 5.91 Å². The first-order valence-corrected chi connectivity index (χ1v) is 10.1. The zero-order chi connectivity index (χ0) is 18.9. The number of ether oxygens (including phenoxy) is 1. The van der Waals surface area contributed by atoms with Crippen LogP contribution in [0.4, 0.5) is 0 Å². The Kier molecular flexibility index (Phi) is 5.63. The molecule has 0 unspecified atom stereocenters. The maximum atomic E-state index is 12.9. The van der Waals surface area contributed by atoms with Crippen molar-refractivity contribution in [3.05, 3.63) is 0 Å². The van der Waals surface area contributed by atoms with Crippen molar-refractivity contribution in [2.45, 2.75) is 70.5 Å². The minimum absolute atomic E-state index is 0.0366. The smallest absolute Gasteiger partial charge is 0.254 e. The fourth-order valence-electron chi connectivity index (χ4n) is 4.97. The number of aliphatic hydroxyl groups is 1. The molecule has 0 aromatic rings. The Labute approximate surface area is 156 Å². The molecule has 1 N–H and O–H groups in total. The number of carbonyl (C=O) groups is 2. The summed E-state index contributed by atoms with van der Waals surface area (Å²) in [7, 11) is 1.55. The number of hydrogen-bond acceptors (Lipinski definition) is 4. The number of likely N-dealkylation sites (tertiary alicyclic amines) is 2. The number of hydrogen-bond donors (Lipinski definition) is 1. The molecule has 2 aliphatic heterocycles. The molecule has 2 saturated heterocycles. The predicted molar refractivity (Wildman–Crippen MR) is 98.5 cm³/mol. The van der Waals surface area contributed by atoms with E-state index in [-0.39, 0.29) is 17.7 Å². The third-order valence-corrected chi connectivity index (χ3v) is 6.82. The van der Waals surface area contributed by atoms with E-state index in [4.69, 9.17) is 4.74 Å². The molecule has 0 aromatic heterocycles. The number of carbonyl (C=O) groups excluding carboxylic acids is 2. The van der Waals surface area contributed by atoms with Crippen LogP contribution in [-0.4, -0.2) is 71.7 Å². The van der Waals surface area contributed by atoms with Crippen molar-refractivity contribution in [1.82, 2.24) is 9.80 Å². The molecule has 2 heterocycles. The lowest BCUT2D eigenvalue weighted by Gasteiger charge is -2.52. The van der Waals surface area contributed by atoms with Crippen molar-refractivity contribution in [2.24, 2.45) is 11.3 Å². The number of piperidine rings is 2. The van der Waals surface area contributed by atoms with Crippen molar-refractivity contribution in [3.63, 3.8) is 0 Å². The van der Waals surface area contributed by atoms with Crippen LogP contribution in [0.3, 0.4) is 0 Å². The number of methoxy groups -OCH3 is 1.